The van der Waals surface area contributed by atoms with E-state index in [4.69, 9.17) is 17.5 Å². The zero-order valence-electron chi connectivity index (χ0n) is 10.2. The molecule has 90 valence electrons. The molecule has 0 radical (unpaired) electrons. The Morgan fingerprint density at radius 1 is 1.29 bits per heavy atom. The lowest BCUT2D eigenvalue weighted by atomic mass is 10.1. The van der Waals surface area contributed by atoms with Gasteiger partial charge < -0.3 is 10.6 Å². The summed E-state index contributed by atoms with van der Waals surface area (Å²) < 4.78 is 0. The van der Waals surface area contributed by atoms with Gasteiger partial charge in [0.25, 0.3) is 0 Å². The van der Waals surface area contributed by atoms with Gasteiger partial charge in [-0.3, -0.25) is 0 Å². The van der Waals surface area contributed by atoms with E-state index in [1.165, 1.54) is 0 Å². The van der Waals surface area contributed by atoms with Crippen molar-refractivity contribution in [3.8, 4) is 6.07 Å². The van der Waals surface area contributed by atoms with E-state index in [1.807, 2.05) is 24.3 Å². The summed E-state index contributed by atoms with van der Waals surface area (Å²) in [5.74, 6) is 0.574. The van der Waals surface area contributed by atoms with Crippen molar-refractivity contribution < 1.29 is 0 Å². The third kappa shape index (κ3) is 5.32. The second kappa shape index (κ2) is 6.87. The summed E-state index contributed by atoms with van der Waals surface area (Å²) >= 11 is 5.15. The first-order valence-corrected chi connectivity index (χ1v) is 6.03. The van der Waals surface area contributed by atoms with Crippen LogP contribution in [0.4, 0.5) is 0 Å². The van der Waals surface area contributed by atoms with Gasteiger partial charge in [0.1, 0.15) is 0 Å². The van der Waals surface area contributed by atoms with Crippen LogP contribution >= 0.6 is 12.2 Å². The molecular weight excluding hydrogens is 230 g/mol. The first kappa shape index (κ1) is 13.5. The average Bonchev–Trinajstić information content (AvgIpc) is 2.34. The predicted molar refractivity (Wildman–Crippen MR) is 73.4 cm³/mol. The molecule has 0 saturated carbocycles. The predicted octanol–water partition coefficient (Wildman–Crippen LogP) is 2.18. The fourth-order valence-corrected chi connectivity index (χ4v) is 1.39. The lowest BCUT2D eigenvalue weighted by molar-refractivity contribution is 0.619. The van der Waals surface area contributed by atoms with Crippen molar-refractivity contribution in [1.82, 2.24) is 10.6 Å². The monoisotopic (exact) mass is 247 g/mol. The van der Waals surface area contributed by atoms with Gasteiger partial charge in [0.05, 0.1) is 11.6 Å². The second-order valence-electron chi connectivity index (χ2n) is 4.27. The van der Waals surface area contributed by atoms with Crippen LogP contribution in [-0.2, 0) is 6.54 Å². The molecule has 1 aromatic rings. The third-order valence-corrected chi connectivity index (χ3v) is 2.50. The van der Waals surface area contributed by atoms with Crippen LogP contribution in [0, 0.1) is 17.2 Å². The van der Waals surface area contributed by atoms with Gasteiger partial charge in [-0.15, -0.1) is 0 Å². The zero-order valence-corrected chi connectivity index (χ0v) is 11.0. The summed E-state index contributed by atoms with van der Waals surface area (Å²) in [5.41, 5.74) is 1.78. The van der Waals surface area contributed by atoms with Gasteiger partial charge in [0.2, 0.25) is 0 Å². The molecule has 4 heteroatoms. The van der Waals surface area contributed by atoms with Crippen LogP contribution in [0.15, 0.2) is 24.3 Å². The minimum atomic E-state index is 0.574. The van der Waals surface area contributed by atoms with Crippen LogP contribution in [0.5, 0.6) is 0 Å². The van der Waals surface area contributed by atoms with Crippen molar-refractivity contribution in [2.45, 2.75) is 20.4 Å². The Kier molecular flexibility index (Phi) is 5.44. The molecule has 0 saturated heterocycles. The fourth-order valence-electron chi connectivity index (χ4n) is 1.24. The molecule has 0 bridgehead atoms. The lowest BCUT2D eigenvalue weighted by Crippen LogP contribution is -2.36. The number of hydrogen-bond acceptors (Lipinski definition) is 2. The third-order valence-electron chi connectivity index (χ3n) is 2.21. The number of nitriles is 1. The summed E-state index contributed by atoms with van der Waals surface area (Å²) in [6.45, 7) is 5.82. The van der Waals surface area contributed by atoms with E-state index >= 15 is 0 Å². The summed E-state index contributed by atoms with van der Waals surface area (Å²) in [6.07, 6.45) is 0. The van der Waals surface area contributed by atoms with Gasteiger partial charge in [-0.25, -0.2) is 0 Å². The fraction of sp³-hybridized carbons (Fsp3) is 0.385. The molecular formula is C13H17N3S. The van der Waals surface area contributed by atoms with Crippen molar-refractivity contribution in [1.29, 1.82) is 5.26 Å². The topological polar surface area (TPSA) is 47.8 Å². The number of rotatable bonds is 4. The maximum absolute atomic E-state index is 8.67. The molecule has 0 amide bonds. The van der Waals surface area contributed by atoms with Crippen LogP contribution in [0.3, 0.4) is 0 Å². The summed E-state index contributed by atoms with van der Waals surface area (Å²) in [5, 5.41) is 15.6. The van der Waals surface area contributed by atoms with Crippen molar-refractivity contribution >= 4 is 17.3 Å². The Bertz CT molecular complexity index is 404. The van der Waals surface area contributed by atoms with E-state index < -0.39 is 0 Å². The molecule has 1 aromatic carbocycles. The molecule has 0 spiro atoms. The Labute approximate surface area is 108 Å². The molecule has 0 aliphatic heterocycles. The Hall–Kier alpha value is -1.60. The molecule has 0 unspecified atom stereocenters. The molecule has 0 fully saturated rings. The van der Waals surface area contributed by atoms with Gasteiger partial charge in [0, 0.05) is 13.1 Å². The summed E-state index contributed by atoms with van der Waals surface area (Å²) in [6, 6.07) is 9.56. The highest BCUT2D eigenvalue weighted by atomic mass is 32.1. The Morgan fingerprint density at radius 3 is 2.47 bits per heavy atom. The highest BCUT2D eigenvalue weighted by Gasteiger charge is 1.98. The van der Waals surface area contributed by atoms with E-state index in [0.717, 1.165) is 12.1 Å². The number of hydrogen-bond donors (Lipinski definition) is 2. The highest BCUT2D eigenvalue weighted by molar-refractivity contribution is 7.80. The second-order valence-corrected chi connectivity index (χ2v) is 4.67. The van der Waals surface area contributed by atoms with Gasteiger partial charge in [-0.1, -0.05) is 26.0 Å². The van der Waals surface area contributed by atoms with Crippen molar-refractivity contribution in [3.63, 3.8) is 0 Å². The van der Waals surface area contributed by atoms with Crippen LogP contribution in [0.1, 0.15) is 25.0 Å². The van der Waals surface area contributed by atoms with Crippen molar-refractivity contribution in [2.24, 2.45) is 5.92 Å². The quantitative estimate of drug-likeness (QED) is 0.801. The molecule has 0 heterocycles. The van der Waals surface area contributed by atoms with Crippen LogP contribution in [0.2, 0.25) is 0 Å². The number of nitrogens with one attached hydrogen (secondary N) is 2. The lowest BCUT2D eigenvalue weighted by Gasteiger charge is -2.12. The van der Waals surface area contributed by atoms with E-state index in [9.17, 15) is 0 Å². The molecule has 1 rings (SSSR count). The average molecular weight is 247 g/mol. The molecule has 0 aliphatic rings. The standard InChI is InChI=1S/C13H17N3S/c1-10(2)8-15-13(17)16-9-12-5-3-11(7-14)4-6-12/h3-6,10H,8-9H2,1-2H3,(H2,15,16,17). The van der Waals surface area contributed by atoms with Crippen molar-refractivity contribution in [3.05, 3.63) is 35.4 Å². The number of thiocarbonyl (C=S) groups is 1. The minimum Gasteiger partial charge on any atom is -0.362 e. The van der Waals surface area contributed by atoms with Crippen LogP contribution in [-0.4, -0.2) is 11.7 Å². The Morgan fingerprint density at radius 2 is 1.94 bits per heavy atom. The van der Waals surface area contributed by atoms with E-state index in [-0.39, 0.29) is 0 Å². The zero-order chi connectivity index (χ0) is 12.7. The normalized spacial score (nSPS) is 9.76. The maximum atomic E-state index is 8.67. The minimum absolute atomic E-state index is 0.574. The summed E-state index contributed by atoms with van der Waals surface area (Å²) in [7, 11) is 0. The van der Waals surface area contributed by atoms with Crippen molar-refractivity contribution in [2.75, 3.05) is 6.54 Å². The first-order chi connectivity index (χ1) is 8.11. The van der Waals surface area contributed by atoms with Crippen LogP contribution in [0.25, 0.3) is 0 Å². The summed E-state index contributed by atoms with van der Waals surface area (Å²) in [4.78, 5) is 0. The first-order valence-electron chi connectivity index (χ1n) is 5.62. The van der Waals surface area contributed by atoms with Gasteiger partial charge in [0.15, 0.2) is 5.11 Å². The van der Waals surface area contributed by atoms with E-state index in [1.54, 1.807) is 0 Å². The van der Waals surface area contributed by atoms with E-state index in [2.05, 4.69) is 30.6 Å². The molecule has 0 atom stereocenters. The number of benzene rings is 1. The molecule has 0 aliphatic carbocycles. The van der Waals surface area contributed by atoms with Gasteiger partial charge in [-0.05, 0) is 35.8 Å². The molecule has 2 N–H and O–H groups in total. The van der Waals surface area contributed by atoms with E-state index in [0.29, 0.717) is 23.1 Å². The Balaban J connectivity index is 2.35. The van der Waals surface area contributed by atoms with Gasteiger partial charge in [-0.2, -0.15) is 5.26 Å². The van der Waals surface area contributed by atoms with Crippen LogP contribution < -0.4 is 10.6 Å². The maximum Gasteiger partial charge on any atom is 0.166 e. The number of nitrogens with zero attached hydrogens (tertiary/aromatic N) is 1. The SMILES string of the molecule is CC(C)CNC(=S)NCc1ccc(C#N)cc1. The largest absolute Gasteiger partial charge is 0.362 e. The molecule has 3 nitrogen and oxygen atoms in total. The smallest absolute Gasteiger partial charge is 0.166 e. The highest BCUT2D eigenvalue weighted by Crippen LogP contribution is 2.02. The van der Waals surface area contributed by atoms with Gasteiger partial charge >= 0.3 is 0 Å². The molecule has 0 aromatic heterocycles. The molecule has 17 heavy (non-hydrogen) atoms.